The van der Waals surface area contributed by atoms with Gasteiger partial charge in [0.2, 0.25) is 0 Å². The molecule has 3 nitrogen and oxygen atoms in total. The highest BCUT2D eigenvalue weighted by atomic mass is 35.5. The van der Waals surface area contributed by atoms with E-state index in [1.807, 2.05) is 0 Å². The molecule has 0 amide bonds. The van der Waals surface area contributed by atoms with Gasteiger partial charge in [0.25, 0.3) is 0 Å². The quantitative estimate of drug-likeness (QED) is 0.378. The van der Waals surface area contributed by atoms with Gasteiger partial charge in [0.05, 0.1) is 15.7 Å². The molecule has 6 heteroatoms. The van der Waals surface area contributed by atoms with Gasteiger partial charge < -0.3 is 0 Å². The zero-order valence-corrected chi connectivity index (χ0v) is 8.82. The third-order valence-electron chi connectivity index (χ3n) is 1.52. The monoisotopic (exact) mass is 235 g/mol. The lowest BCUT2D eigenvalue weighted by atomic mass is 10.2. The molecule has 1 aromatic rings. The Morgan fingerprint density at radius 2 is 1.92 bits per heavy atom. The Hall–Kier alpha value is -0.600. The minimum absolute atomic E-state index is 0.215. The largest absolute Gasteiger partial charge is 0.0839 e. The summed E-state index contributed by atoms with van der Waals surface area (Å²) in [5.41, 5.74) is 9.10. The summed E-state index contributed by atoms with van der Waals surface area (Å²) in [6.45, 7) is 1.72. The summed E-state index contributed by atoms with van der Waals surface area (Å²) in [6.07, 6.45) is 0. The molecule has 0 atom stereocenters. The number of halogens is 3. The van der Waals surface area contributed by atoms with E-state index in [1.54, 1.807) is 6.92 Å². The predicted octanol–water partition coefficient (Wildman–Crippen LogP) is 4.90. The minimum atomic E-state index is 0.215. The van der Waals surface area contributed by atoms with Gasteiger partial charge in [-0.15, -0.1) is 0 Å². The third-order valence-corrected chi connectivity index (χ3v) is 2.66. The molecule has 0 radical (unpaired) electrons. The van der Waals surface area contributed by atoms with Crippen molar-refractivity contribution in [3.8, 4) is 0 Å². The van der Waals surface area contributed by atoms with Crippen molar-refractivity contribution in [2.75, 3.05) is 0 Å². The van der Waals surface area contributed by atoms with Crippen LogP contribution in [0.2, 0.25) is 15.1 Å². The number of benzene rings is 1. The van der Waals surface area contributed by atoms with Crippen molar-refractivity contribution in [2.45, 2.75) is 6.92 Å². The van der Waals surface area contributed by atoms with Gasteiger partial charge in [-0.3, -0.25) is 0 Å². The Kier molecular flexibility index (Phi) is 3.28. The SMILES string of the molecule is Cc1c(Cl)cc(Cl)c(N=[N+]=[N-])c1Cl. The van der Waals surface area contributed by atoms with E-state index < -0.39 is 0 Å². The molecular weight excluding hydrogens is 232 g/mol. The topological polar surface area (TPSA) is 48.8 Å². The summed E-state index contributed by atoms with van der Waals surface area (Å²) in [5, 5.41) is 4.35. The number of azide groups is 1. The molecule has 0 unspecified atom stereocenters. The van der Waals surface area contributed by atoms with E-state index in [-0.39, 0.29) is 15.7 Å². The van der Waals surface area contributed by atoms with Gasteiger partial charge in [-0.1, -0.05) is 39.9 Å². The molecule has 0 aliphatic heterocycles. The maximum absolute atomic E-state index is 8.24. The minimum Gasteiger partial charge on any atom is -0.0839 e. The highest BCUT2D eigenvalue weighted by Crippen LogP contribution is 2.39. The molecule has 1 rings (SSSR count). The van der Waals surface area contributed by atoms with Crippen LogP contribution in [0.15, 0.2) is 11.2 Å². The van der Waals surface area contributed by atoms with Crippen molar-refractivity contribution in [3.63, 3.8) is 0 Å². The fraction of sp³-hybridized carbons (Fsp3) is 0.143. The lowest BCUT2D eigenvalue weighted by Gasteiger charge is -2.05. The van der Waals surface area contributed by atoms with E-state index in [9.17, 15) is 0 Å². The zero-order chi connectivity index (χ0) is 10.0. The summed E-state index contributed by atoms with van der Waals surface area (Å²) in [7, 11) is 0. The molecule has 0 aliphatic rings. The summed E-state index contributed by atoms with van der Waals surface area (Å²) < 4.78 is 0. The second kappa shape index (κ2) is 4.07. The Morgan fingerprint density at radius 1 is 1.31 bits per heavy atom. The van der Waals surface area contributed by atoms with Crippen molar-refractivity contribution < 1.29 is 0 Å². The van der Waals surface area contributed by atoms with Crippen molar-refractivity contribution in [3.05, 3.63) is 37.1 Å². The van der Waals surface area contributed by atoms with E-state index in [0.29, 0.717) is 10.6 Å². The van der Waals surface area contributed by atoms with Crippen LogP contribution in [0.4, 0.5) is 5.69 Å². The van der Waals surface area contributed by atoms with Crippen LogP contribution < -0.4 is 0 Å². The second-order valence-electron chi connectivity index (χ2n) is 2.32. The number of hydrogen-bond donors (Lipinski definition) is 0. The Balaban J connectivity index is 3.52. The summed E-state index contributed by atoms with van der Waals surface area (Å²) in [5.74, 6) is 0. The van der Waals surface area contributed by atoms with Crippen LogP contribution >= 0.6 is 34.8 Å². The first-order valence-corrected chi connectivity index (χ1v) is 4.40. The van der Waals surface area contributed by atoms with Crippen LogP contribution in [0.3, 0.4) is 0 Å². The molecule has 0 aliphatic carbocycles. The van der Waals surface area contributed by atoms with E-state index in [1.165, 1.54) is 6.07 Å². The van der Waals surface area contributed by atoms with Gasteiger partial charge in [-0.2, -0.15) is 0 Å². The summed E-state index contributed by atoms with van der Waals surface area (Å²) >= 11 is 17.4. The lowest BCUT2D eigenvalue weighted by molar-refractivity contribution is 1.41. The smallest absolute Gasteiger partial charge is 0.0751 e. The Morgan fingerprint density at radius 3 is 2.46 bits per heavy atom. The average molecular weight is 236 g/mol. The van der Waals surface area contributed by atoms with E-state index in [2.05, 4.69) is 10.0 Å². The predicted molar refractivity (Wildman–Crippen MR) is 55.0 cm³/mol. The molecule has 0 fully saturated rings. The molecule has 1 aromatic carbocycles. The van der Waals surface area contributed by atoms with Gasteiger partial charge in [-0.25, -0.2) is 0 Å². The van der Waals surface area contributed by atoms with Crippen molar-refractivity contribution in [2.24, 2.45) is 5.11 Å². The number of rotatable bonds is 1. The molecule has 13 heavy (non-hydrogen) atoms. The molecular formula is C7H4Cl3N3. The molecule has 0 aromatic heterocycles. The molecule has 0 bridgehead atoms. The highest BCUT2D eigenvalue weighted by Gasteiger charge is 2.10. The maximum Gasteiger partial charge on any atom is 0.0751 e. The first-order chi connectivity index (χ1) is 6.07. The Labute approximate surface area is 89.8 Å². The average Bonchev–Trinajstić information content (AvgIpc) is 2.09. The first kappa shape index (κ1) is 10.5. The first-order valence-electron chi connectivity index (χ1n) is 3.27. The zero-order valence-electron chi connectivity index (χ0n) is 6.55. The standard InChI is InChI=1S/C7H4Cl3N3/c1-3-4(8)2-5(9)7(6(3)10)12-13-11/h2H,1H3. The van der Waals surface area contributed by atoms with Crippen LogP contribution in [0.25, 0.3) is 10.4 Å². The highest BCUT2D eigenvalue weighted by molar-refractivity contribution is 6.42. The van der Waals surface area contributed by atoms with Gasteiger partial charge in [-0.05, 0) is 24.1 Å². The van der Waals surface area contributed by atoms with Gasteiger partial charge in [0.1, 0.15) is 0 Å². The molecule has 0 heterocycles. The van der Waals surface area contributed by atoms with Gasteiger partial charge >= 0.3 is 0 Å². The van der Waals surface area contributed by atoms with Gasteiger partial charge in [0, 0.05) is 9.93 Å². The molecule has 0 saturated heterocycles. The number of hydrogen-bond acceptors (Lipinski definition) is 1. The van der Waals surface area contributed by atoms with Gasteiger partial charge in [0.15, 0.2) is 0 Å². The van der Waals surface area contributed by atoms with Crippen LogP contribution in [0, 0.1) is 6.92 Å². The van der Waals surface area contributed by atoms with Crippen LogP contribution in [0.1, 0.15) is 5.56 Å². The van der Waals surface area contributed by atoms with Crippen LogP contribution in [-0.2, 0) is 0 Å². The summed E-state index contributed by atoms with van der Waals surface area (Å²) in [4.78, 5) is 2.61. The molecule has 68 valence electrons. The van der Waals surface area contributed by atoms with E-state index >= 15 is 0 Å². The molecule has 0 saturated carbocycles. The Bertz CT molecular complexity index is 396. The summed E-state index contributed by atoms with van der Waals surface area (Å²) in [6, 6.07) is 1.49. The lowest BCUT2D eigenvalue weighted by Crippen LogP contribution is -1.79. The molecule has 0 N–H and O–H groups in total. The third kappa shape index (κ3) is 2.01. The van der Waals surface area contributed by atoms with Crippen LogP contribution in [0.5, 0.6) is 0 Å². The normalized spacial score (nSPS) is 9.54. The maximum atomic E-state index is 8.24. The van der Waals surface area contributed by atoms with Crippen LogP contribution in [-0.4, -0.2) is 0 Å². The van der Waals surface area contributed by atoms with E-state index in [0.717, 1.165) is 0 Å². The second-order valence-corrected chi connectivity index (χ2v) is 3.51. The van der Waals surface area contributed by atoms with E-state index in [4.69, 9.17) is 40.3 Å². The fourth-order valence-electron chi connectivity index (χ4n) is 0.812. The fourth-order valence-corrected chi connectivity index (χ4v) is 1.65. The van der Waals surface area contributed by atoms with Crippen molar-refractivity contribution >= 4 is 40.5 Å². The van der Waals surface area contributed by atoms with Crippen molar-refractivity contribution in [1.82, 2.24) is 0 Å². The molecule has 0 spiro atoms. The van der Waals surface area contributed by atoms with Crippen molar-refractivity contribution in [1.29, 1.82) is 0 Å². The number of nitrogens with zero attached hydrogens (tertiary/aromatic N) is 3.